The van der Waals surface area contributed by atoms with Crippen molar-refractivity contribution >= 4 is 21.4 Å². The zero-order valence-electron chi connectivity index (χ0n) is 13.3. The lowest BCUT2D eigenvalue weighted by Crippen LogP contribution is -2.36. The zero-order chi connectivity index (χ0) is 17.8. The van der Waals surface area contributed by atoms with Crippen LogP contribution in [0.15, 0.2) is 29.2 Å². The highest BCUT2D eigenvalue weighted by molar-refractivity contribution is 7.91. The van der Waals surface area contributed by atoms with Gasteiger partial charge in [-0.1, -0.05) is 25.3 Å². The van der Waals surface area contributed by atoms with Crippen LogP contribution in [0.2, 0.25) is 0 Å². The molecule has 0 heterocycles. The van der Waals surface area contributed by atoms with Crippen molar-refractivity contribution in [2.45, 2.75) is 49.2 Å². The maximum absolute atomic E-state index is 12.6. The summed E-state index contributed by atoms with van der Waals surface area (Å²) in [5, 5.41) is 2.60. The number of carbonyl (C=O) groups excluding carboxylic acids is 1. The molecule has 0 radical (unpaired) electrons. The van der Waals surface area contributed by atoms with E-state index in [9.17, 15) is 22.0 Å². The molecule has 0 aromatic heterocycles. The molecule has 2 rings (SSSR count). The summed E-state index contributed by atoms with van der Waals surface area (Å²) in [6.45, 7) is 0.417. The zero-order valence-corrected chi connectivity index (χ0v) is 14.1. The monoisotopic (exact) mass is 360 g/mol. The van der Waals surface area contributed by atoms with Crippen molar-refractivity contribution in [1.29, 1.82) is 0 Å². The molecule has 0 aliphatic heterocycles. The number of nitrogens with two attached hydrogens (primary N) is 1. The van der Waals surface area contributed by atoms with Gasteiger partial charge in [-0.25, -0.2) is 8.42 Å². The lowest BCUT2D eigenvalue weighted by Gasteiger charge is -2.35. The first-order valence-corrected chi connectivity index (χ1v) is 9.46. The lowest BCUT2D eigenvalue weighted by molar-refractivity contribution is -0.118. The van der Waals surface area contributed by atoms with Gasteiger partial charge in [-0.3, -0.25) is 4.79 Å². The maximum atomic E-state index is 12.6. The molecule has 1 saturated carbocycles. The standard InChI is InChI=1S/C16H22F2N2O3S/c17-15(18)24(22,23)13-6-4-5-12(9-13)20-14(21)10-16(11-19)7-2-1-3-8-16/h4-6,9,15H,1-3,7-8,10-11,19H2,(H,20,21). The fourth-order valence-electron chi connectivity index (χ4n) is 3.15. The van der Waals surface area contributed by atoms with E-state index in [0.29, 0.717) is 6.54 Å². The van der Waals surface area contributed by atoms with E-state index < -0.39 is 20.5 Å². The molecule has 1 amide bonds. The van der Waals surface area contributed by atoms with E-state index in [2.05, 4.69) is 5.32 Å². The van der Waals surface area contributed by atoms with Gasteiger partial charge in [0.1, 0.15) is 0 Å². The van der Waals surface area contributed by atoms with E-state index in [0.717, 1.165) is 44.2 Å². The summed E-state index contributed by atoms with van der Waals surface area (Å²) in [4.78, 5) is 11.8. The average Bonchev–Trinajstić information content (AvgIpc) is 2.55. The summed E-state index contributed by atoms with van der Waals surface area (Å²) in [7, 11) is -4.68. The van der Waals surface area contributed by atoms with Crippen LogP contribution in [0.1, 0.15) is 38.5 Å². The third-order valence-electron chi connectivity index (χ3n) is 4.56. The molecule has 0 atom stereocenters. The predicted molar refractivity (Wildman–Crippen MR) is 87.5 cm³/mol. The Morgan fingerprint density at radius 1 is 1.25 bits per heavy atom. The number of hydrogen-bond acceptors (Lipinski definition) is 4. The second kappa shape index (κ2) is 7.57. The van der Waals surface area contributed by atoms with Gasteiger partial charge in [0, 0.05) is 12.1 Å². The van der Waals surface area contributed by atoms with E-state index in [1.807, 2.05) is 0 Å². The SMILES string of the molecule is NCC1(CC(=O)Nc2cccc(S(=O)(=O)C(F)F)c2)CCCCC1. The number of rotatable bonds is 6. The first-order valence-electron chi connectivity index (χ1n) is 7.91. The van der Waals surface area contributed by atoms with E-state index in [1.165, 1.54) is 12.1 Å². The largest absolute Gasteiger partial charge is 0.341 e. The minimum absolute atomic E-state index is 0.185. The first-order chi connectivity index (χ1) is 11.3. The molecule has 8 heteroatoms. The molecule has 3 N–H and O–H groups in total. The van der Waals surface area contributed by atoms with Crippen molar-refractivity contribution < 1.29 is 22.0 Å². The Balaban J connectivity index is 2.09. The van der Waals surface area contributed by atoms with Gasteiger partial charge in [0.15, 0.2) is 0 Å². The molecule has 0 bridgehead atoms. The van der Waals surface area contributed by atoms with Crippen molar-refractivity contribution in [2.75, 3.05) is 11.9 Å². The number of alkyl halides is 2. The molecule has 134 valence electrons. The Kier molecular flexibility index (Phi) is 5.92. The summed E-state index contributed by atoms with van der Waals surface area (Å²) in [5.41, 5.74) is 5.81. The number of carbonyl (C=O) groups is 1. The first kappa shape index (κ1) is 18.8. The van der Waals surface area contributed by atoms with E-state index >= 15 is 0 Å². The van der Waals surface area contributed by atoms with Crippen LogP contribution in [-0.4, -0.2) is 26.6 Å². The fourth-order valence-corrected chi connectivity index (χ4v) is 3.92. The lowest BCUT2D eigenvalue weighted by atomic mass is 9.71. The van der Waals surface area contributed by atoms with Crippen molar-refractivity contribution in [2.24, 2.45) is 11.1 Å². The van der Waals surface area contributed by atoms with E-state index in [4.69, 9.17) is 5.73 Å². The Hall–Kier alpha value is -1.54. The molecule has 1 aliphatic rings. The van der Waals surface area contributed by atoms with E-state index in [1.54, 1.807) is 0 Å². The molecule has 1 aliphatic carbocycles. The van der Waals surface area contributed by atoms with Crippen LogP contribution in [0.4, 0.5) is 14.5 Å². The molecule has 1 fully saturated rings. The Bertz CT molecular complexity index is 686. The summed E-state index contributed by atoms with van der Waals surface area (Å²) >= 11 is 0. The second-order valence-corrected chi connectivity index (χ2v) is 8.24. The molecule has 1 aromatic rings. The third kappa shape index (κ3) is 4.30. The van der Waals surface area contributed by atoms with Crippen LogP contribution in [0.25, 0.3) is 0 Å². The van der Waals surface area contributed by atoms with Crippen LogP contribution in [0.5, 0.6) is 0 Å². The van der Waals surface area contributed by atoms with Crippen LogP contribution < -0.4 is 11.1 Å². The third-order valence-corrected chi connectivity index (χ3v) is 5.94. The number of amides is 1. The highest BCUT2D eigenvalue weighted by Crippen LogP contribution is 2.38. The summed E-state index contributed by atoms with van der Waals surface area (Å²) in [5.74, 6) is -3.78. The summed E-state index contributed by atoms with van der Waals surface area (Å²) in [6, 6.07) is 4.93. The predicted octanol–water partition coefficient (Wildman–Crippen LogP) is 2.92. The highest BCUT2D eigenvalue weighted by atomic mass is 32.2. The fraction of sp³-hybridized carbons (Fsp3) is 0.562. The van der Waals surface area contributed by atoms with Gasteiger partial charge >= 0.3 is 5.76 Å². The van der Waals surface area contributed by atoms with Crippen molar-refractivity contribution in [3.8, 4) is 0 Å². The molecular formula is C16H22F2N2O3S. The summed E-state index contributed by atoms with van der Waals surface area (Å²) in [6.07, 6.45) is 5.22. The highest BCUT2D eigenvalue weighted by Gasteiger charge is 2.33. The van der Waals surface area contributed by atoms with E-state index in [-0.39, 0.29) is 23.4 Å². The molecule has 0 unspecified atom stereocenters. The number of halogens is 2. The Morgan fingerprint density at radius 3 is 2.50 bits per heavy atom. The number of sulfone groups is 1. The molecule has 0 saturated heterocycles. The normalized spacial score (nSPS) is 17.7. The topological polar surface area (TPSA) is 89.3 Å². The quantitative estimate of drug-likeness (QED) is 0.816. The number of benzene rings is 1. The van der Waals surface area contributed by atoms with Crippen LogP contribution >= 0.6 is 0 Å². The van der Waals surface area contributed by atoms with Crippen LogP contribution in [-0.2, 0) is 14.6 Å². The van der Waals surface area contributed by atoms with Gasteiger partial charge in [-0.05, 0) is 43.0 Å². The van der Waals surface area contributed by atoms with Crippen LogP contribution in [0.3, 0.4) is 0 Å². The molecule has 0 spiro atoms. The van der Waals surface area contributed by atoms with Gasteiger partial charge in [0.05, 0.1) is 4.90 Å². The van der Waals surface area contributed by atoms with Gasteiger partial charge < -0.3 is 11.1 Å². The number of anilines is 1. The maximum Gasteiger partial charge on any atom is 0.341 e. The minimum Gasteiger partial charge on any atom is -0.330 e. The summed E-state index contributed by atoms with van der Waals surface area (Å²) < 4.78 is 48.2. The second-order valence-electron chi connectivity index (χ2n) is 6.32. The van der Waals surface area contributed by atoms with Crippen LogP contribution in [0, 0.1) is 5.41 Å². The van der Waals surface area contributed by atoms with Crippen molar-refractivity contribution in [3.05, 3.63) is 24.3 Å². The number of hydrogen-bond donors (Lipinski definition) is 2. The Morgan fingerprint density at radius 2 is 1.92 bits per heavy atom. The average molecular weight is 360 g/mol. The number of nitrogens with one attached hydrogen (secondary N) is 1. The minimum atomic E-state index is -4.68. The molecule has 1 aromatic carbocycles. The van der Waals surface area contributed by atoms with Crippen molar-refractivity contribution in [3.63, 3.8) is 0 Å². The van der Waals surface area contributed by atoms with Gasteiger partial charge in [-0.2, -0.15) is 8.78 Å². The molecular weight excluding hydrogens is 338 g/mol. The molecule has 24 heavy (non-hydrogen) atoms. The van der Waals surface area contributed by atoms with Gasteiger partial charge in [0.2, 0.25) is 15.7 Å². The smallest absolute Gasteiger partial charge is 0.330 e. The molecule has 5 nitrogen and oxygen atoms in total. The van der Waals surface area contributed by atoms with Gasteiger partial charge in [0.25, 0.3) is 0 Å². The van der Waals surface area contributed by atoms with Gasteiger partial charge in [-0.15, -0.1) is 0 Å². The van der Waals surface area contributed by atoms with Crippen molar-refractivity contribution in [1.82, 2.24) is 0 Å². The Labute approximate surface area is 140 Å².